The van der Waals surface area contributed by atoms with Crippen molar-refractivity contribution in [3.05, 3.63) is 53.3 Å². The van der Waals surface area contributed by atoms with Gasteiger partial charge in [0.2, 0.25) is 5.95 Å². The number of nitrogens with one attached hydrogen (secondary N) is 1. The molecule has 0 spiro atoms. The van der Waals surface area contributed by atoms with Gasteiger partial charge < -0.3 is 10.2 Å². The number of aldehydes is 1. The van der Waals surface area contributed by atoms with Crippen molar-refractivity contribution in [1.29, 1.82) is 0 Å². The van der Waals surface area contributed by atoms with Crippen molar-refractivity contribution < 1.29 is 9.18 Å². The molecule has 3 aromatic rings. The molecule has 29 heavy (non-hydrogen) atoms. The molecule has 1 aliphatic carbocycles. The number of rotatable bonds is 5. The number of carbonyl (C=O) groups is 1. The van der Waals surface area contributed by atoms with Gasteiger partial charge in [-0.2, -0.15) is 15.0 Å². The Kier molecular flexibility index (Phi) is 4.39. The molecule has 2 aliphatic rings. The van der Waals surface area contributed by atoms with Crippen molar-refractivity contribution in [2.45, 2.75) is 24.9 Å². The summed E-state index contributed by atoms with van der Waals surface area (Å²) in [6, 6.07) is 2.94. The molecule has 0 radical (unpaired) electrons. The van der Waals surface area contributed by atoms with Gasteiger partial charge in [0.05, 0.1) is 46.7 Å². The zero-order chi connectivity index (χ0) is 20.0. The van der Waals surface area contributed by atoms with Crippen LogP contribution in [-0.4, -0.2) is 49.9 Å². The summed E-state index contributed by atoms with van der Waals surface area (Å²) in [7, 11) is 0. The summed E-state index contributed by atoms with van der Waals surface area (Å²) >= 11 is 5.85. The monoisotopic (exact) mass is 413 g/mol. The average molecular weight is 414 g/mol. The molecule has 1 aromatic carbocycles. The molecule has 2 fully saturated rings. The Morgan fingerprint density at radius 3 is 2.62 bits per heavy atom. The predicted molar refractivity (Wildman–Crippen MR) is 105 cm³/mol. The molecule has 8 nitrogen and oxygen atoms in total. The lowest BCUT2D eigenvalue weighted by Crippen LogP contribution is -2.46. The van der Waals surface area contributed by atoms with Crippen LogP contribution in [0.3, 0.4) is 0 Å². The fourth-order valence-electron chi connectivity index (χ4n) is 4.48. The van der Waals surface area contributed by atoms with Crippen molar-refractivity contribution in [2.24, 2.45) is 5.92 Å². The first kappa shape index (κ1) is 18.0. The standard InChI is InChI=1S/C19H17ClFN7O/c20-12-7-22-19(23-8-12)26-15-5-11-6-17(15)27(9-11)18-13(10-29)16(2-1-14(18)21)28-24-3-4-25-28/h1-4,7-8,10-11,15,17H,5-6,9H2,(H,22,23,26)/t11-,15+,17-/m0/s1. The number of benzene rings is 1. The van der Waals surface area contributed by atoms with Crippen molar-refractivity contribution >= 4 is 29.5 Å². The highest BCUT2D eigenvalue weighted by molar-refractivity contribution is 6.30. The van der Waals surface area contributed by atoms with Gasteiger partial charge in [0.1, 0.15) is 5.82 Å². The Balaban J connectivity index is 1.49. The van der Waals surface area contributed by atoms with E-state index in [1.165, 1.54) is 41.7 Å². The van der Waals surface area contributed by atoms with E-state index in [0.717, 1.165) is 12.8 Å². The highest BCUT2D eigenvalue weighted by Gasteiger charge is 2.46. The van der Waals surface area contributed by atoms with Crippen LogP contribution in [0.1, 0.15) is 23.2 Å². The first-order valence-electron chi connectivity index (χ1n) is 9.29. The van der Waals surface area contributed by atoms with Crippen LogP contribution >= 0.6 is 11.6 Å². The normalized spacial score (nSPS) is 22.8. The molecule has 3 atom stereocenters. The maximum atomic E-state index is 14.9. The molecule has 2 aromatic heterocycles. The largest absolute Gasteiger partial charge is 0.363 e. The minimum absolute atomic E-state index is 0.0216. The number of fused-ring (bicyclic) bond motifs is 2. The molecule has 3 heterocycles. The number of nitrogens with zero attached hydrogens (tertiary/aromatic N) is 6. The summed E-state index contributed by atoms with van der Waals surface area (Å²) in [5.41, 5.74) is 0.996. The quantitative estimate of drug-likeness (QED) is 0.643. The number of anilines is 2. The van der Waals surface area contributed by atoms with Crippen molar-refractivity contribution in [3.8, 4) is 5.69 Å². The van der Waals surface area contributed by atoms with Gasteiger partial charge in [0, 0.05) is 18.6 Å². The van der Waals surface area contributed by atoms with Gasteiger partial charge in [-0.1, -0.05) is 11.6 Å². The summed E-state index contributed by atoms with van der Waals surface area (Å²) in [5, 5.41) is 12.0. The van der Waals surface area contributed by atoms with Crippen molar-refractivity contribution in [2.75, 3.05) is 16.8 Å². The molecule has 1 saturated carbocycles. The lowest BCUT2D eigenvalue weighted by Gasteiger charge is -2.36. The number of hydrogen-bond donors (Lipinski definition) is 1. The highest BCUT2D eigenvalue weighted by atomic mass is 35.5. The van der Waals surface area contributed by atoms with E-state index in [1.54, 1.807) is 0 Å². The maximum absolute atomic E-state index is 14.9. The molecule has 2 bridgehead atoms. The van der Waals surface area contributed by atoms with Crippen LogP contribution in [0.2, 0.25) is 5.02 Å². The summed E-state index contributed by atoms with van der Waals surface area (Å²) in [6.45, 7) is 0.693. The number of aromatic nitrogens is 5. The van der Waals surface area contributed by atoms with Crippen LogP contribution in [0.25, 0.3) is 5.69 Å². The van der Waals surface area contributed by atoms with Gasteiger partial charge in [-0.3, -0.25) is 4.79 Å². The van der Waals surface area contributed by atoms with Crippen LogP contribution in [0.5, 0.6) is 0 Å². The van der Waals surface area contributed by atoms with Crippen LogP contribution in [0.15, 0.2) is 36.9 Å². The summed E-state index contributed by atoms with van der Waals surface area (Å²) in [6.07, 6.45) is 8.62. The Morgan fingerprint density at radius 2 is 1.93 bits per heavy atom. The second-order valence-corrected chi connectivity index (χ2v) is 7.73. The van der Waals surface area contributed by atoms with E-state index in [1.807, 2.05) is 4.90 Å². The van der Waals surface area contributed by atoms with E-state index in [-0.39, 0.29) is 17.6 Å². The Hall–Kier alpha value is -3.07. The number of carbonyl (C=O) groups excluding carboxylic acids is 1. The van der Waals surface area contributed by atoms with E-state index in [4.69, 9.17) is 11.6 Å². The van der Waals surface area contributed by atoms with E-state index in [2.05, 4.69) is 25.5 Å². The zero-order valence-electron chi connectivity index (χ0n) is 15.2. The van der Waals surface area contributed by atoms with Gasteiger partial charge in [-0.15, -0.1) is 0 Å². The van der Waals surface area contributed by atoms with Gasteiger partial charge in [-0.25, -0.2) is 14.4 Å². The molecule has 1 saturated heterocycles. The first-order chi connectivity index (χ1) is 14.1. The van der Waals surface area contributed by atoms with Crippen molar-refractivity contribution in [3.63, 3.8) is 0 Å². The summed E-state index contributed by atoms with van der Waals surface area (Å²) in [4.78, 5) is 23.7. The maximum Gasteiger partial charge on any atom is 0.222 e. The Labute approximate surface area is 170 Å². The van der Waals surface area contributed by atoms with Gasteiger partial charge in [0.25, 0.3) is 0 Å². The molecule has 148 valence electrons. The van der Waals surface area contributed by atoms with E-state index < -0.39 is 5.82 Å². The third-order valence-corrected chi connectivity index (χ3v) is 5.80. The molecular weight excluding hydrogens is 397 g/mol. The molecule has 10 heteroatoms. The van der Waals surface area contributed by atoms with Crippen LogP contribution in [0.4, 0.5) is 16.0 Å². The minimum Gasteiger partial charge on any atom is -0.363 e. The summed E-state index contributed by atoms with van der Waals surface area (Å²) < 4.78 is 14.9. The van der Waals surface area contributed by atoms with Crippen LogP contribution in [0, 0.1) is 11.7 Å². The minimum atomic E-state index is -0.433. The van der Waals surface area contributed by atoms with Gasteiger partial charge >= 0.3 is 0 Å². The average Bonchev–Trinajstić information content (AvgIpc) is 3.46. The van der Waals surface area contributed by atoms with Crippen molar-refractivity contribution in [1.82, 2.24) is 25.0 Å². The number of piperidine rings is 1. The SMILES string of the molecule is O=Cc1c(-n2nccn2)ccc(F)c1N1C[C@H]2C[C@@H](Nc3ncc(Cl)cn3)[C@@H]1C2. The summed E-state index contributed by atoms with van der Waals surface area (Å²) in [5.74, 6) is 0.449. The van der Waals surface area contributed by atoms with E-state index in [0.29, 0.717) is 41.1 Å². The third-order valence-electron chi connectivity index (χ3n) is 5.60. The first-order valence-corrected chi connectivity index (χ1v) is 9.67. The molecular formula is C19H17ClFN7O. The Bertz CT molecular complexity index is 1040. The lowest BCUT2D eigenvalue weighted by atomic mass is 10.0. The third kappa shape index (κ3) is 3.11. The van der Waals surface area contributed by atoms with Gasteiger partial charge in [0.15, 0.2) is 6.29 Å². The predicted octanol–water partition coefficient (Wildman–Crippen LogP) is 2.74. The van der Waals surface area contributed by atoms with Crippen LogP contribution < -0.4 is 10.2 Å². The number of hydrogen-bond acceptors (Lipinski definition) is 7. The molecule has 5 rings (SSSR count). The second-order valence-electron chi connectivity index (χ2n) is 7.30. The molecule has 1 aliphatic heterocycles. The zero-order valence-corrected chi connectivity index (χ0v) is 16.0. The smallest absolute Gasteiger partial charge is 0.222 e. The molecule has 0 unspecified atom stereocenters. The topological polar surface area (TPSA) is 88.8 Å². The van der Waals surface area contributed by atoms with Crippen LogP contribution in [-0.2, 0) is 0 Å². The van der Waals surface area contributed by atoms with E-state index in [9.17, 15) is 9.18 Å². The van der Waals surface area contributed by atoms with Gasteiger partial charge in [-0.05, 0) is 30.9 Å². The fourth-order valence-corrected chi connectivity index (χ4v) is 4.58. The second kappa shape index (κ2) is 7.07. The van der Waals surface area contributed by atoms with E-state index >= 15 is 0 Å². The molecule has 0 amide bonds. The highest BCUT2D eigenvalue weighted by Crippen LogP contribution is 2.43. The molecule has 1 N–H and O–H groups in total. The number of halogens is 2. The fraction of sp³-hybridized carbons (Fsp3) is 0.316. The lowest BCUT2D eigenvalue weighted by molar-refractivity contribution is 0.112. The Morgan fingerprint density at radius 1 is 1.17 bits per heavy atom.